The lowest BCUT2D eigenvalue weighted by molar-refractivity contribution is -0.115. The molecule has 0 aromatic rings. The first-order chi connectivity index (χ1) is 4.33. The first-order valence-electron chi connectivity index (χ1n) is 3.47. The lowest BCUT2D eigenvalue weighted by atomic mass is 10.0. The average Bonchev–Trinajstić information content (AvgIpc) is 1.86. The molecule has 0 spiro atoms. The predicted octanol–water partition coefficient (Wildman–Crippen LogP) is 0.773. The second-order valence-corrected chi connectivity index (χ2v) is 2.12. The van der Waals surface area contributed by atoms with Crippen molar-refractivity contribution in [2.24, 2.45) is 5.92 Å². The van der Waals surface area contributed by atoms with E-state index in [2.05, 4.69) is 4.90 Å². The summed E-state index contributed by atoms with van der Waals surface area (Å²) >= 11 is 0. The van der Waals surface area contributed by atoms with Crippen LogP contribution in [0.25, 0.3) is 0 Å². The summed E-state index contributed by atoms with van der Waals surface area (Å²) in [6.07, 6.45) is 1.03. The highest BCUT2D eigenvalue weighted by Gasteiger charge is 2.21. The number of carbonyl (C=O) groups is 1. The molecule has 2 nitrogen and oxygen atoms in total. The highest BCUT2D eigenvalue weighted by atomic mass is 16.1. The van der Waals surface area contributed by atoms with Gasteiger partial charge in [0.2, 0.25) is 0 Å². The molecule has 0 atom stereocenters. The maximum Gasteiger partial charge on any atom is 0.125 e. The summed E-state index contributed by atoms with van der Waals surface area (Å²) in [5, 5.41) is 0. The van der Waals surface area contributed by atoms with Gasteiger partial charge in [-0.15, -0.1) is 0 Å². The molecule has 9 heavy (non-hydrogen) atoms. The Morgan fingerprint density at radius 2 is 1.89 bits per heavy atom. The van der Waals surface area contributed by atoms with Crippen molar-refractivity contribution in [3.63, 3.8) is 0 Å². The number of hydrogen-bond donors (Lipinski definition) is 0. The van der Waals surface area contributed by atoms with Gasteiger partial charge in [0.15, 0.2) is 0 Å². The zero-order chi connectivity index (χ0) is 7.28. The van der Waals surface area contributed by atoms with Crippen LogP contribution in [-0.2, 0) is 4.79 Å². The van der Waals surface area contributed by atoms with Crippen molar-refractivity contribution in [3.05, 3.63) is 0 Å². The molecular weight excluding hydrogens is 114 g/mol. The smallest absolute Gasteiger partial charge is 0.125 e. The molecule has 0 saturated carbocycles. The van der Waals surface area contributed by atoms with Crippen molar-refractivity contribution in [1.29, 1.82) is 0 Å². The number of nitrogens with zero attached hydrogens (tertiary/aromatic N) is 1. The van der Waals surface area contributed by atoms with E-state index in [1.807, 2.05) is 20.9 Å². The van der Waals surface area contributed by atoms with Gasteiger partial charge in [-0.3, -0.25) is 0 Å². The monoisotopic (exact) mass is 129 g/mol. The Labute approximate surface area is 56.9 Å². The van der Waals surface area contributed by atoms with Gasteiger partial charge < -0.3 is 9.69 Å². The Morgan fingerprint density at radius 3 is 2.00 bits per heavy atom. The van der Waals surface area contributed by atoms with E-state index in [1.54, 1.807) is 0 Å². The van der Waals surface area contributed by atoms with E-state index >= 15 is 0 Å². The van der Waals surface area contributed by atoms with Gasteiger partial charge in [-0.25, -0.2) is 0 Å². The molecule has 0 aliphatic carbocycles. The lowest BCUT2D eigenvalue weighted by Crippen LogP contribution is -2.44. The van der Waals surface area contributed by atoms with Crippen LogP contribution in [0.15, 0.2) is 0 Å². The maximum atomic E-state index is 9.91. The van der Waals surface area contributed by atoms with Crippen molar-refractivity contribution < 1.29 is 4.79 Å². The highest BCUT2D eigenvalue weighted by molar-refractivity contribution is 5.55. The molecule has 1 fully saturated rings. The first kappa shape index (κ1) is 8.63. The fourth-order valence-corrected chi connectivity index (χ4v) is 0.833. The summed E-state index contributed by atoms with van der Waals surface area (Å²) in [7, 11) is 2.01. The Hall–Kier alpha value is -0.370. The van der Waals surface area contributed by atoms with Gasteiger partial charge in [-0.05, 0) is 7.05 Å². The third kappa shape index (κ3) is 2.61. The van der Waals surface area contributed by atoms with E-state index in [0.29, 0.717) is 5.92 Å². The summed E-state index contributed by atoms with van der Waals surface area (Å²) in [5.41, 5.74) is 0. The fourth-order valence-electron chi connectivity index (χ4n) is 0.833. The van der Waals surface area contributed by atoms with Crippen molar-refractivity contribution >= 4 is 6.29 Å². The van der Waals surface area contributed by atoms with Crippen LogP contribution >= 0.6 is 0 Å². The molecule has 0 amide bonds. The molecular formula is C7H15NO. The number of carbonyl (C=O) groups excluding carboxylic acids is 1. The molecule has 0 aromatic carbocycles. The van der Waals surface area contributed by atoms with Crippen LogP contribution in [0.2, 0.25) is 0 Å². The van der Waals surface area contributed by atoms with Gasteiger partial charge in [0.1, 0.15) is 6.29 Å². The average molecular weight is 129 g/mol. The zero-order valence-electron chi connectivity index (χ0n) is 6.42. The quantitative estimate of drug-likeness (QED) is 0.487. The Bertz CT molecular complexity index is 77.0. The molecule has 0 bridgehead atoms. The number of rotatable bonds is 1. The van der Waals surface area contributed by atoms with Crippen LogP contribution in [0.5, 0.6) is 0 Å². The molecule has 54 valence electrons. The Kier molecular flexibility index (Phi) is 4.32. The number of likely N-dealkylation sites (tertiary alicyclic amines) is 1. The molecule has 0 aromatic heterocycles. The van der Waals surface area contributed by atoms with Crippen LogP contribution < -0.4 is 0 Å². The first-order valence-corrected chi connectivity index (χ1v) is 3.47. The van der Waals surface area contributed by atoms with Gasteiger partial charge >= 0.3 is 0 Å². The van der Waals surface area contributed by atoms with E-state index in [9.17, 15) is 4.79 Å². The standard InChI is InChI=1S/C5H9NO.C2H6/c1-6-2-5(3-6)4-7;1-2/h4-5H,2-3H2,1H3;1-2H3. The Morgan fingerprint density at radius 1 is 1.44 bits per heavy atom. The molecule has 0 radical (unpaired) electrons. The predicted molar refractivity (Wildman–Crippen MR) is 38.4 cm³/mol. The minimum atomic E-state index is 0.338. The third-order valence-electron chi connectivity index (χ3n) is 1.28. The van der Waals surface area contributed by atoms with E-state index in [-0.39, 0.29) is 0 Å². The molecule has 2 heteroatoms. The van der Waals surface area contributed by atoms with Crippen LogP contribution in [0.1, 0.15) is 13.8 Å². The lowest BCUT2D eigenvalue weighted by Gasteiger charge is -2.31. The molecule has 1 heterocycles. The van der Waals surface area contributed by atoms with Crippen LogP contribution in [0, 0.1) is 5.92 Å². The second-order valence-electron chi connectivity index (χ2n) is 2.12. The summed E-state index contributed by atoms with van der Waals surface area (Å²) in [6.45, 7) is 5.92. The van der Waals surface area contributed by atoms with Crippen LogP contribution in [-0.4, -0.2) is 31.3 Å². The minimum Gasteiger partial charge on any atom is -0.305 e. The summed E-state index contributed by atoms with van der Waals surface area (Å²) in [5.74, 6) is 0.338. The van der Waals surface area contributed by atoms with E-state index in [4.69, 9.17) is 0 Å². The van der Waals surface area contributed by atoms with Crippen LogP contribution in [0.4, 0.5) is 0 Å². The number of aldehydes is 1. The topological polar surface area (TPSA) is 20.3 Å². The Balaban J connectivity index is 0.000000291. The van der Waals surface area contributed by atoms with Gasteiger partial charge in [0.25, 0.3) is 0 Å². The maximum absolute atomic E-state index is 9.91. The zero-order valence-corrected chi connectivity index (χ0v) is 6.42. The number of hydrogen-bond acceptors (Lipinski definition) is 2. The van der Waals surface area contributed by atoms with Crippen molar-refractivity contribution in [2.75, 3.05) is 20.1 Å². The van der Waals surface area contributed by atoms with E-state index < -0.39 is 0 Å². The minimum absolute atomic E-state index is 0.338. The molecule has 1 aliphatic heterocycles. The largest absolute Gasteiger partial charge is 0.305 e. The third-order valence-corrected chi connectivity index (χ3v) is 1.28. The highest BCUT2D eigenvalue weighted by Crippen LogP contribution is 2.07. The van der Waals surface area contributed by atoms with Crippen molar-refractivity contribution in [3.8, 4) is 0 Å². The van der Waals surface area contributed by atoms with Crippen molar-refractivity contribution in [2.45, 2.75) is 13.8 Å². The summed E-state index contributed by atoms with van der Waals surface area (Å²) in [4.78, 5) is 12.0. The van der Waals surface area contributed by atoms with Gasteiger partial charge in [0.05, 0.1) is 0 Å². The van der Waals surface area contributed by atoms with Gasteiger partial charge in [-0.1, -0.05) is 13.8 Å². The fraction of sp³-hybridized carbons (Fsp3) is 0.857. The SMILES string of the molecule is CC.CN1CC(C=O)C1. The second kappa shape index (κ2) is 4.50. The van der Waals surface area contributed by atoms with Gasteiger partial charge in [0, 0.05) is 19.0 Å². The van der Waals surface area contributed by atoms with Crippen molar-refractivity contribution in [1.82, 2.24) is 4.90 Å². The summed E-state index contributed by atoms with van der Waals surface area (Å²) < 4.78 is 0. The van der Waals surface area contributed by atoms with Gasteiger partial charge in [-0.2, -0.15) is 0 Å². The molecule has 0 N–H and O–H groups in total. The summed E-state index contributed by atoms with van der Waals surface area (Å²) in [6, 6.07) is 0. The van der Waals surface area contributed by atoms with E-state index in [1.165, 1.54) is 0 Å². The van der Waals surface area contributed by atoms with Crippen LogP contribution in [0.3, 0.4) is 0 Å². The van der Waals surface area contributed by atoms with E-state index in [0.717, 1.165) is 19.4 Å². The molecule has 1 saturated heterocycles. The normalized spacial score (nSPS) is 19.4. The molecule has 1 aliphatic rings. The molecule has 1 rings (SSSR count). The molecule has 0 unspecified atom stereocenters.